The van der Waals surface area contributed by atoms with E-state index in [1.807, 2.05) is 37.3 Å². The van der Waals surface area contributed by atoms with Gasteiger partial charge >= 0.3 is 0 Å². The lowest BCUT2D eigenvalue weighted by atomic mass is 9.93. The van der Waals surface area contributed by atoms with Crippen molar-refractivity contribution in [3.63, 3.8) is 0 Å². The first kappa shape index (κ1) is 8.90. The quantitative estimate of drug-likeness (QED) is 0.739. The van der Waals surface area contributed by atoms with Gasteiger partial charge in [0.25, 0.3) is 0 Å². The van der Waals surface area contributed by atoms with Crippen molar-refractivity contribution >= 4 is 0 Å². The number of nitrogens with zero attached hydrogens (tertiary/aromatic N) is 2. The lowest BCUT2D eigenvalue weighted by Crippen LogP contribution is -2.35. The van der Waals surface area contributed by atoms with Gasteiger partial charge in [-0.05, 0) is 12.5 Å². The van der Waals surface area contributed by atoms with Crippen LogP contribution in [0.5, 0.6) is 0 Å². The van der Waals surface area contributed by atoms with Gasteiger partial charge in [0, 0.05) is 0 Å². The molecule has 3 N–H and O–H groups in total. The average molecular weight is 188 g/mol. The first-order valence-corrected chi connectivity index (χ1v) is 4.41. The highest BCUT2D eigenvalue weighted by molar-refractivity contribution is 5.29. The van der Waals surface area contributed by atoms with E-state index in [4.69, 9.17) is 5.73 Å². The molecule has 0 fully saturated rings. The smallest absolute Gasteiger partial charge is 0.148 e. The summed E-state index contributed by atoms with van der Waals surface area (Å²) in [6.07, 6.45) is 1.46. The molecule has 0 bridgehead atoms. The van der Waals surface area contributed by atoms with Crippen LogP contribution in [0.3, 0.4) is 0 Å². The van der Waals surface area contributed by atoms with Crippen LogP contribution in [0.4, 0.5) is 0 Å². The minimum atomic E-state index is -0.613. The van der Waals surface area contributed by atoms with E-state index in [2.05, 4.69) is 15.2 Å². The van der Waals surface area contributed by atoms with Crippen LogP contribution in [0.1, 0.15) is 18.3 Å². The molecular formula is C10H12N4. The molecule has 0 saturated carbocycles. The van der Waals surface area contributed by atoms with E-state index < -0.39 is 5.54 Å². The lowest BCUT2D eigenvalue weighted by Gasteiger charge is -2.21. The van der Waals surface area contributed by atoms with E-state index in [1.54, 1.807) is 0 Å². The van der Waals surface area contributed by atoms with Crippen molar-refractivity contribution in [3.8, 4) is 0 Å². The Kier molecular flexibility index (Phi) is 2.05. The fourth-order valence-corrected chi connectivity index (χ4v) is 1.38. The van der Waals surface area contributed by atoms with Gasteiger partial charge in [0.1, 0.15) is 12.2 Å². The molecule has 14 heavy (non-hydrogen) atoms. The van der Waals surface area contributed by atoms with Crippen molar-refractivity contribution in [2.45, 2.75) is 12.5 Å². The van der Waals surface area contributed by atoms with Crippen molar-refractivity contribution in [2.24, 2.45) is 5.73 Å². The number of H-pyrrole nitrogens is 1. The first-order valence-electron chi connectivity index (χ1n) is 4.41. The third-order valence-electron chi connectivity index (χ3n) is 2.28. The molecule has 2 aromatic rings. The Morgan fingerprint density at radius 3 is 2.57 bits per heavy atom. The molecular weight excluding hydrogens is 176 g/mol. The fourth-order valence-electron chi connectivity index (χ4n) is 1.38. The zero-order valence-electron chi connectivity index (χ0n) is 7.94. The highest BCUT2D eigenvalue weighted by Crippen LogP contribution is 2.22. The molecule has 1 aromatic carbocycles. The van der Waals surface area contributed by atoms with Gasteiger partial charge in [-0.25, -0.2) is 4.98 Å². The van der Waals surface area contributed by atoms with E-state index in [-0.39, 0.29) is 0 Å². The number of nitrogens with one attached hydrogen (secondary N) is 1. The number of hydrogen-bond acceptors (Lipinski definition) is 3. The Labute approximate surface area is 82.2 Å². The molecule has 1 heterocycles. The van der Waals surface area contributed by atoms with Crippen LogP contribution in [-0.2, 0) is 5.54 Å². The highest BCUT2D eigenvalue weighted by atomic mass is 15.2. The van der Waals surface area contributed by atoms with Gasteiger partial charge < -0.3 is 5.73 Å². The van der Waals surface area contributed by atoms with Crippen LogP contribution in [0.2, 0.25) is 0 Å². The summed E-state index contributed by atoms with van der Waals surface area (Å²) in [5, 5.41) is 6.59. The maximum atomic E-state index is 6.17. The summed E-state index contributed by atoms with van der Waals surface area (Å²) >= 11 is 0. The van der Waals surface area contributed by atoms with Crippen LogP contribution in [0.25, 0.3) is 0 Å². The predicted molar refractivity (Wildman–Crippen MR) is 53.5 cm³/mol. The van der Waals surface area contributed by atoms with Crippen LogP contribution in [0.15, 0.2) is 36.7 Å². The number of hydrogen-bond donors (Lipinski definition) is 2. The van der Waals surface area contributed by atoms with Crippen LogP contribution in [0, 0.1) is 0 Å². The molecule has 0 aliphatic heterocycles. The van der Waals surface area contributed by atoms with Crippen molar-refractivity contribution in [3.05, 3.63) is 48.0 Å². The van der Waals surface area contributed by atoms with Gasteiger partial charge in [-0.1, -0.05) is 30.3 Å². The third kappa shape index (κ3) is 1.40. The zero-order valence-corrected chi connectivity index (χ0v) is 7.94. The summed E-state index contributed by atoms with van der Waals surface area (Å²) in [6, 6.07) is 9.82. The molecule has 1 unspecified atom stereocenters. The predicted octanol–water partition coefficient (Wildman–Crippen LogP) is 1.03. The van der Waals surface area contributed by atoms with Gasteiger partial charge in [0.15, 0.2) is 0 Å². The number of benzene rings is 1. The summed E-state index contributed by atoms with van der Waals surface area (Å²) < 4.78 is 0. The van der Waals surface area contributed by atoms with Gasteiger partial charge in [-0.15, -0.1) is 0 Å². The average Bonchev–Trinajstić information content (AvgIpc) is 2.72. The van der Waals surface area contributed by atoms with Gasteiger partial charge in [0.2, 0.25) is 0 Å². The summed E-state index contributed by atoms with van der Waals surface area (Å²) in [4.78, 5) is 4.07. The zero-order chi connectivity index (χ0) is 10.0. The van der Waals surface area contributed by atoms with Gasteiger partial charge in [-0.2, -0.15) is 5.10 Å². The van der Waals surface area contributed by atoms with Gasteiger partial charge in [0.05, 0.1) is 5.54 Å². The van der Waals surface area contributed by atoms with Crippen molar-refractivity contribution in [1.29, 1.82) is 0 Å². The molecule has 0 amide bonds. The Bertz CT molecular complexity index is 391. The van der Waals surface area contributed by atoms with E-state index in [0.29, 0.717) is 5.82 Å². The summed E-state index contributed by atoms with van der Waals surface area (Å²) in [7, 11) is 0. The minimum absolute atomic E-state index is 0.613. The summed E-state index contributed by atoms with van der Waals surface area (Å²) in [5.41, 5.74) is 6.57. The first-order chi connectivity index (χ1) is 6.71. The third-order valence-corrected chi connectivity index (χ3v) is 2.28. The second kappa shape index (κ2) is 3.23. The standard InChI is InChI=1S/C10H12N4/c1-10(11,9-12-7-13-14-9)8-5-3-2-4-6-8/h2-7H,11H2,1H3,(H,12,13,14). The number of aromatic nitrogens is 3. The Hall–Kier alpha value is -1.68. The van der Waals surface area contributed by atoms with E-state index >= 15 is 0 Å². The highest BCUT2D eigenvalue weighted by Gasteiger charge is 2.26. The van der Waals surface area contributed by atoms with E-state index in [9.17, 15) is 0 Å². The molecule has 0 spiro atoms. The number of aromatic amines is 1. The summed E-state index contributed by atoms with van der Waals surface area (Å²) in [6.45, 7) is 1.91. The maximum Gasteiger partial charge on any atom is 0.148 e. The van der Waals surface area contributed by atoms with Crippen LogP contribution >= 0.6 is 0 Å². The summed E-state index contributed by atoms with van der Waals surface area (Å²) in [5.74, 6) is 0.670. The molecule has 0 radical (unpaired) electrons. The Morgan fingerprint density at radius 2 is 2.00 bits per heavy atom. The molecule has 1 atom stereocenters. The van der Waals surface area contributed by atoms with Gasteiger partial charge in [-0.3, -0.25) is 5.10 Å². The number of nitrogens with two attached hydrogens (primary N) is 1. The molecule has 1 aromatic heterocycles. The largest absolute Gasteiger partial charge is 0.315 e. The second-order valence-electron chi connectivity index (χ2n) is 3.40. The Balaban J connectivity index is 2.43. The van der Waals surface area contributed by atoms with E-state index in [0.717, 1.165) is 5.56 Å². The second-order valence-corrected chi connectivity index (χ2v) is 3.40. The molecule has 0 saturated heterocycles. The van der Waals surface area contributed by atoms with Crippen molar-refractivity contribution in [2.75, 3.05) is 0 Å². The molecule has 0 aliphatic carbocycles. The molecule has 72 valence electrons. The monoisotopic (exact) mass is 188 g/mol. The van der Waals surface area contributed by atoms with Crippen molar-refractivity contribution in [1.82, 2.24) is 15.2 Å². The van der Waals surface area contributed by atoms with Crippen molar-refractivity contribution < 1.29 is 0 Å². The SMILES string of the molecule is CC(N)(c1ccccc1)c1ncn[nH]1. The van der Waals surface area contributed by atoms with Crippen LogP contribution < -0.4 is 5.73 Å². The van der Waals surface area contributed by atoms with E-state index in [1.165, 1.54) is 6.33 Å². The minimum Gasteiger partial charge on any atom is -0.315 e. The number of rotatable bonds is 2. The molecule has 4 heteroatoms. The Morgan fingerprint density at radius 1 is 1.29 bits per heavy atom. The molecule has 0 aliphatic rings. The molecule has 4 nitrogen and oxygen atoms in total. The lowest BCUT2D eigenvalue weighted by molar-refractivity contribution is 0.560. The maximum absolute atomic E-state index is 6.17. The fraction of sp³-hybridized carbons (Fsp3) is 0.200. The normalized spacial score (nSPS) is 15.0. The van der Waals surface area contributed by atoms with Crippen LogP contribution in [-0.4, -0.2) is 15.2 Å². The topological polar surface area (TPSA) is 67.6 Å². The molecule has 2 rings (SSSR count).